The summed E-state index contributed by atoms with van der Waals surface area (Å²) in [7, 11) is 0. The van der Waals surface area contributed by atoms with E-state index in [4.69, 9.17) is 9.47 Å². The normalized spacial score (nSPS) is 19.1. The summed E-state index contributed by atoms with van der Waals surface area (Å²) in [6.45, 7) is 4.65. The highest BCUT2D eigenvalue weighted by molar-refractivity contribution is 7.20. The Morgan fingerprint density at radius 3 is 2.88 bits per heavy atom. The zero-order valence-corrected chi connectivity index (χ0v) is 19.3. The zero-order valence-electron chi connectivity index (χ0n) is 18.5. The number of nitro groups is 1. The second-order valence-corrected chi connectivity index (χ2v) is 9.43. The molecule has 1 fully saturated rings. The number of fused-ring (bicyclic) bond motifs is 1. The molecule has 1 saturated heterocycles. The van der Waals surface area contributed by atoms with Crippen LogP contribution in [0.1, 0.15) is 17.7 Å². The summed E-state index contributed by atoms with van der Waals surface area (Å²) in [4.78, 5) is 18.2. The van der Waals surface area contributed by atoms with Crippen molar-refractivity contribution in [3.05, 3.63) is 75.6 Å². The Balaban J connectivity index is 1.35. The molecule has 3 aromatic rings. The van der Waals surface area contributed by atoms with E-state index >= 15 is 0 Å². The number of ether oxygens (including phenoxy) is 2. The van der Waals surface area contributed by atoms with E-state index in [1.54, 1.807) is 23.6 Å². The summed E-state index contributed by atoms with van der Waals surface area (Å²) in [6.07, 6.45) is 10.5. The molecule has 1 unspecified atom stereocenters. The number of morpholine rings is 1. The molecule has 0 N–H and O–H groups in total. The van der Waals surface area contributed by atoms with Crippen LogP contribution in [0.4, 0.5) is 10.1 Å². The fraction of sp³-hybridized carbons (Fsp3) is 0.320. The zero-order chi connectivity index (χ0) is 23.5. The molecule has 9 heteroatoms. The number of pyridine rings is 1. The van der Waals surface area contributed by atoms with E-state index in [1.165, 1.54) is 12.1 Å². The van der Waals surface area contributed by atoms with Gasteiger partial charge in [-0.05, 0) is 36.5 Å². The van der Waals surface area contributed by atoms with Gasteiger partial charge >= 0.3 is 0 Å². The number of aromatic nitrogens is 1. The van der Waals surface area contributed by atoms with E-state index in [2.05, 4.69) is 28.1 Å². The van der Waals surface area contributed by atoms with Gasteiger partial charge in [0.2, 0.25) is 0 Å². The molecule has 1 aliphatic heterocycles. The molecule has 2 aromatic heterocycles. The summed E-state index contributed by atoms with van der Waals surface area (Å²) >= 11 is 1.55. The standard InChI is InChI=1S/C25H24FN3O4S/c26-20-14-19(29(30)31)6-7-22(20)33-23-8-9-27-21-15-24(34-25(21)23)18-3-1-2-17(4-5-18)16-28-10-12-32-13-11-28/h3-9,14-15,17H,1-2,10-13,16H2. The molecule has 1 aliphatic carbocycles. The number of thiophene rings is 1. The Labute approximate surface area is 200 Å². The Bertz CT molecular complexity index is 1270. The molecule has 34 heavy (non-hydrogen) atoms. The summed E-state index contributed by atoms with van der Waals surface area (Å²) in [6, 6.07) is 7.07. The highest BCUT2D eigenvalue weighted by Crippen LogP contribution is 2.39. The van der Waals surface area contributed by atoms with Crippen LogP contribution in [0.3, 0.4) is 0 Å². The fourth-order valence-corrected chi connectivity index (χ4v) is 5.34. The van der Waals surface area contributed by atoms with Gasteiger partial charge in [0.15, 0.2) is 11.6 Å². The van der Waals surface area contributed by atoms with Gasteiger partial charge in [-0.15, -0.1) is 11.3 Å². The van der Waals surface area contributed by atoms with Crippen molar-refractivity contribution in [1.82, 2.24) is 9.88 Å². The van der Waals surface area contributed by atoms with Crippen LogP contribution < -0.4 is 4.74 Å². The minimum absolute atomic E-state index is 0.0624. The minimum Gasteiger partial charge on any atom is -0.453 e. The van der Waals surface area contributed by atoms with Crippen LogP contribution in [0.2, 0.25) is 0 Å². The number of hydrogen-bond donors (Lipinski definition) is 0. The first-order chi connectivity index (χ1) is 16.6. The molecule has 7 nitrogen and oxygen atoms in total. The number of nitro benzene ring substituents is 1. The van der Waals surface area contributed by atoms with Gasteiger partial charge in [-0.2, -0.15) is 0 Å². The maximum absolute atomic E-state index is 14.4. The topological polar surface area (TPSA) is 77.7 Å². The lowest BCUT2D eigenvalue weighted by Crippen LogP contribution is -2.39. The van der Waals surface area contributed by atoms with E-state index in [-0.39, 0.29) is 11.4 Å². The largest absolute Gasteiger partial charge is 0.453 e. The van der Waals surface area contributed by atoms with Crippen molar-refractivity contribution in [1.29, 1.82) is 0 Å². The maximum atomic E-state index is 14.4. The minimum atomic E-state index is -0.781. The molecule has 0 bridgehead atoms. The quantitative estimate of drug-likeness (QED) is 0.326. The van der Waals surface area contributed by atoms with Crippen LogP contribution in [0.5, 0.6) is 11.5 Å². The van der Waals surface area contributed by atoms with Gasteiger partial charge in [0.05, 0.1) is 34.4 Å². The second-order valence-electron chi connectivity index (χ2n) is 8.38. The molecule has 0 saturated carbocycles. The highest BCUT2D eigenvalue weighted by Gasteiger charge is 2.18. The number of benzene rings is 1. The number of halogens is 1. The Morgan fingerprint density at radius 2 is 2.09 bits per heavy atom. The van der Waals surface area contributed by atoms with Gasteiger partial charge in [-0.25, -0.2) is 4.39 Å². The average Bonchev–Trinajstić information content (AvgIpc) is 3.15. The van der Waals surface area contributed by atoms with E-state index in [9.17, 15) is 14.5 Å². The number of rotatable bonds is 6. The average molecular weight is 482 g/mol. The first-order valence-electron chi connectivity index (χ1n) is 11.3. The number of non-ortho nitro benzene ring substituents is 1. The predicted molar refractivity (Wildman–Crippen MR) is 130 cm³/mol. The van der Waals surface area contributed by atoms with Gasteiger partial charge < -0.3 is 9.47 Å². The van der Waals surface area contributed by atoms with Gasteiger partial charge in [-0.3, -0.25) is 20.0 Å². The van der Waals surface area contributed by atoms with Crippen molar-refractivity contribution in [3.63, 3.8) is 0 Å². The number of nitrogens with zero attached hydrogens (tertiary/aromatic N) is 3. The van der Waals surface area contributed by atoms with Crippen molar-refractivity contribution in [2.45, 2.75) is 12.8 Å². The second kappa shape index (κ2) is 10.0. The lowest BCUT2D eigenvalue weighted by Gasteiger charge is -2.29. The molecule has 0 spiro atoms. The van der Waals surface area contributed by atoms with E-state index in [0.717, 1.165) is 72.4 Å². The van der Waals surface area contributed by atoms with Gasteiger partial charge in [-0.1, -0.05) is 18.2 Å². The number of allylic oxidation sites excluding steroid dienone is 3. The summed E-state index contributed by atoms with van der Waals surface area (Å²) in [5, 5.41) is 10.9. The SMILES string of the molecule is O=[N+]([O-])c1ccc(Oc2ccnc3cc(C4=CCCC(CN5CCOCC5)C=C4)sc23)c(F)c1. The van der Waals surface area contributed by atoms with Crippen LogP contribution in [0, 0.1) is 21.8 Å². The van der Waals surface area contributed by atoms with Crippen molar-refractivity contribution in [2.24, 2.45) is 5.92 Å². The van der Waals surface area contributed by atoms with Crippen LogP contribution in [-0.2, 0) is 4.74 Å². The first kappa shape index (κ1) is 22.6. The summed E-state index contributed by atoms with van der Waals surface area (Å²) < 4.78 is 26.4. The van der Waals surface area contributed by atoms with Gasteiger partial charge in [0.25, 0.3) is 5.69 Å². The highest BCUT2D eigenvalue weighted by atomic mass is 32.1. The molecule has 1 atom stereocenters. The molecule has 3 heterocycles. The summed E-state index contributed by atoms with van der Waals surface area (Å²) in [5.74, 6) is 0.130. The van der Waals surface area contributed by atoms with Crippen LogP contribution >= 0.6 is 11.3 Å². The van der Waals surface area contributed by atoms with Crippen molar-refractivity contribution >= 4 is 32.8 Å². The lowest BCUT2D eigenvalue weighted by atomic mass is 10.0. The third kappa shape index (κ3) is 5.01. The molecule has 5 rings (SSSR count). The fourth-order valence-electron chi connectivity index (χ4n) is 4.25. The van der Waals surface area contributed by atoms with Crippen molar-refractivity contribution in [3.8, 4) is 11.5 Å². The Morgan fingerprint density at radius 1 is 1.24 bits per heavy atom. The first-order valence-corrected chi connectivity index (χ1v) is 12.1. The monoisotopic (exact) mass is 481 g/mol. The summed E-state index contributed by atoms with van der Waals surface area (Å²) in [5.41, 5.74) is 1.60. The van der Waals surface area contributed by atoms with Gasteiger partial charge in [0.1, 0.15) is 5.75 Å². The third-order valence-corrected chi connectivity index (χ3v) is 7.24. The van der Waals surface area contributed by atoms with Crippen LogP contribution in [0.25, 0.3) is 15.8 Å². The van der Waals surface area contributed by atoms with Crippen LogP contribution in [0.15, 0.2) is 54.8 Å². The number of hydrogen-bond acceptors (Lipinski definition) is 7. The Kier molecular flexibility index (Phi) is 6.66. The smallest absolute Gasteiger partial charge is 0.272 e. The molecule has 2 aliphatic rings. The van der Waals surface area contributed by atoms with Gasteiger partial charge in [0, 0.05) is 42.8 Å². The Hall–Kier alpha value is -3.14. The van der Waals surface area contributed by atoms with E-state index in [1.807, 2.05) is 6.07 Å². The van der Waals surface area contributed by atoms with Crippen molar-refractivity contribution in [2.75, 3.05) is 32.8 Å². The molecule has 0 amide bonds. The van der Waals surface area contributed by atoms with Crippen molar-refractivity contribution < 1.29 is 18.8 Å². The molecule has 176 valence electrons. The van der Waals surface area contributed by atoms with E-state index in [0.29, 0.717) is 11.7 Å². The molecular formula is C25H24FN3O4S. The maximum Gasteiger partial charge on any atom is 0.272 e. The molecular weight excluding hydrogens is 457 g/mol. The molecule has 1 aromatic carbocycles. The van der Waals surface area contributed by atoms with E-state index < -0.39 is 10.7 Å². The molecule has 0 radical (unpaired) electrons. The predicted octanol–water partition coefficient (Wildman–Crippen LogP) is 5.82. The van der Waals surface area contributed by atoms with Crippen LogP contribution in [-0.4, -0.2) is 47.7 Å². The third-order valence-electron chi connectivity index (χ3n) is 6.05. The lowest BCUT2D eigenvalue weighted by molar-refractivity contribution is -0.385.